The third-order valence-electron chi connectivity index (χ3n) is 2.50. The lowest BCUT2D eigenvalue weighted by Crippen LogP contribution is -2.26. The molecule has 1 aromatic carbocycles. The molecule has 14 heavy (non-hydrogen) atoms. The van der Waals surface area contributed by atoms with E-state index in [0.29, 0.717) is 0 Å². The van der Waals surface area contributed by atoms with E-state index < -0.39 is 0 Å². The zero-order valence-corrected chi connectivity index (χ0v) is 9.09. The first-order valence-electron chi connectivity index (χ1n) is 5.05. The molecule has 1 heterocycles. The first-order valence-corrected chi connectivity index (χ1v) is 6.20. The molecule has 0 bridgehead atoms. The maximum atomic E-state index is 5.95. The van der Waals surface area contributed by atoms with Gasteiger partial charge in [-0.25, -0.2) is 0 Å². The van der Waals surface area contributed by atoms with Gasteiger partial charge in [0.15, 0.2) is 0 Å². The summed E-state index contributed by atoms with van der Waals surface area (Å²) in [6.45, 7) is 2.26. The summed E-state index contributed by atoms with van der Waals surface area (Å²) in [6.07, 6.45) is 1.26. The van der Waals surface area contributed by atoms with Crippen molar-refractivity contribution in [2.24, 2.45) is 0 Å². The van der Waals surface area contributed by atoms with Crippen molar-refractivity contribution in [3.05, 3.63) is 24.3 Å². The van der Waals surface area contributed by atoms with Gasteiger partial charge in [0.25, 0.3) is 0 Å². The molecule has 76 valence electrons. The highest BCUT2D eigenvalue weighted by molar-refractivity contribution is 7.99. The van der Waals surface area contributed by atoms with Crippen molar-refractivity contribution in [2.45, 2.75) is 6.42 Å². The van der Waals surface area contributed by atoms with Crippen molar-refractivity contribution in [1.82, 2.24) is 0 Å². The molecule has 0 unspecified atom stereocenters. The summed E-state index contributed by atoms with van der Waals surface area (Å²) in [6, 6.07) is 8.15. The predicted octanol–water partition coefficient (Wildman–Crippen LogP) is 2.21. The molecular weight excluding hydrogens is 192 g/mol. The average Bonchev–Trinajstić information content (AvgIpc) is 2.47. The number of hydrogen-bond donors (Lipinski definition) is 1. The number of hydrogen-bond acceptors (Lipinski definition) is 3. The summed E-state index contributed by atoms with van der Waals surface area (Å²) in [7, 11) is 0. The molecule has 0 spiro atoms. The fourth-order valence-electron chi connectivity index (χ4n) is 1.76. The summed E-state index contributed by atoms with van der Waals surface area (Å²) in [4.78, 5) is 2.40. The fourth-order valence-corrected chi connectivity index (χ4v) is 2.65. The molecule has 2 rings (SSSR count). The molecule has 2 N–H and O–H groups in total. The molecule has 0 atom stereocenters. The van der Waals surface area contributed by atoms with Crippen LogP contribution in [0.3, 0.4) is 0 Å². The highest BCUT2D eigenvalue weighted by Gasteiger charge is 2.11. The van der Waals surface area contributed by atoms with Crippen LogP contribution in [0.5, 0.6) is 0 Å². The van der Waals surface area contributed by atoms with E-state index in [1.54, 1.807) is 0 Å². The van der Waals surface area contributed by atoms with Crippen molar-refractivity contribution in [3.8, 4) is 0 Å². The molecule has 1 fully saturated rings. The topological polar surface area (TPSA) is 29.3 Å². The number of anilines is 2. The van der Waals surface area contributed by atoms with Gasteiger partial charge in [-0.3, -0.25) is 0 Å². The van der Waals surface area contributed by atoms with Crippen LogP contribution in [0, 0.1) is 0 Å². The zero-order valence-electron chi connectivity index (χ0n) is 8.28. The van der Waals surface area contributed by atoms with Crippen LogP contribution in [0.4, 0.5) is 11.4 Å². The van der Waals surface area contributed by atoms with Gasteiger partial charge in [0.1, 0.15) is 0 Å². The van der Waals surface area contributed by atoms with Crippen LogP contribution in [0.25, 0.3) is 0 Å². The zero-order chi connectivity index (χ0) is 9.80. The second-order valence-corrected chi connectivity index (χ2v) is 4.74. The molecule has 1 aliphatic heterocycles. The number of nitrogens with zero attached hydrogens (tertiary/aromatic N) is 1. The summed E-state index contributed by atoms with van der Waals surface area (Å²) < 4.78 is 0. The van der Waals surface area contributed by atoms with E-state index in [9.17, 15) is 0 Å². The lowest BCUT2D eigenvalue weighted by Gasteiger charge is -2.23. The first-order chi connectivity index (χ1) is 6.88. The number of thioether (sulfide) groups is 1. The van der Waals surface area contributed by atoms with Gasteiger partial charge in [-0.05, 0) is 24.3 Å². The van der Waals surface area contributed by atoms with E-state index in [-0.39, 0.29) is 0 Å². The molecule has 0 aromatic heterocycles. The van der Waals surface area contributed by atoms with Crippen LogP contribution in [-0.2, 0) is 0 Å². The maximum absolute atomic E-state index is 5.95. The number of benzene rings is 1. The molecule has 3 heteroatoms. The van der Waals surface area contributed by atoms with E-state index in [2.05, 4.69) is 17.0 Å². The van der Waals surface area contributed by atoms with Gasteiger partial charge in [-0.15, -0.1) is 0 Å². The van der Waals surface area contributed by atoms with Crippen molar-refractivity contribution >= 4 is 23.1 Å². The summed E-state index contributed by atoms with van der Waals surface area (Å²) in [5.74, 6) is 2.50. The monoisotopic (exact) mass is 208 g/mol. The Morgan fingerprint density at radius 2 is 2.00 bits per heavy atom. The van der Waals surface area contributed by atoms with E-state index in [4.69, 9.17) is 5.73 Å². The van der Waals surface area contributed by atoms with Crippen molar-refractivity contribution < 1.29 is 0 Å². The molecule has 0 radical (unpaired) electrons. The number of rotatable bonds is 1. The standard InChI is InChI=1S/C11H16N2S/c12-10-4-1-2-5-11(10)13-6-3-8-14-9-7-13/h1-2,4-5H,3,6-9,12H2. The molecular formula is C11H16N2S. The van der Waals surface area contributed by atoms with Gasteiger partial charge in [-0.2, -0.15) is 11.8 Å². The van der Waals surface area contributed by atoms with Gasteiger partial charge in [0.05, 0.1) is 11.4 Å². The maximum Gasteiger partial charge on any atom is 0.0600 e. The predicted molar refractivity (Wildman–Crippen MR) is 65.0 cm³/mol. The summed E-state index contributed by atoms with van der Waals surface area (Å²) >= 11 is 2.04. The van der Waals surface area contributed by atoms with Crippen molar-refractivity contribution in [3.63, 3.8) is 0 Å². The van der Waals surface area contributed by atoms with Crippen LogP contribution in [-0.4, -0.2) is 24.6 Å². The van der Waals surface area contributed by atoms with Gasteiger partial charge >= 0.3 is 0 Å². The SMILES string of the molecule is Nc1ccccc1N1CCCSCC1. The van der Waals surface area contributed by atoms with Crippen LogP contribution in [0.2, 0.25) is 0 Å². The van der Waals surface area contributed by atoms with Gasteiger partial charge in [0, 0.05) is 18.8 Å². The van der Waals surface area contributed by atoms with Crippen LogP contribution < -0.4 is 10.6 Å². The Bertz CT molecular complexity index is 293. The quantitative estimate of drug-likeness (QED) is 0.717. The highest BCUT2D eigenvalue weighted by atomic mass is 32.2. The molecule has 2 nitrogen and oxygen atoms in total. The number of para-hydroxylation sites is 2. The normalized spacial score (nSPS) is 17.9. The van der Waals surface area contributed by atoms with Gasteiger partial charge in [-0.1, -0.05) is 12.1 Å². The van der Waals surface area contributed by atoms with Gasteiger partial charge in [0.2, 0.25) is 0 Å². The van der Waals surface area contributed by atoms with E-state index in [0.717, 1.165) is 18.8 Å². The second-order valence-electron chi connectivity index (χ2n) is 3.51. The minimum Gasteiger partial charge on any atom is -0.397 e. The minimum atomic E-state index is 0.902. The van der Waals surface area contributed by atoms with Crippen LogP contribution in [0.1, 0.15) is 6.42 Å². The fraction of sp³-hybridized carbons (Fsp3) is 0.455. The van der Waals surface area contributed by atoms with Crippen LogP contribution >= 0.6 is 11.8 Å². The second kappa shape index (κ2) is 4.60. The lowest BCUT2D eigenvalue weighted by molar-refractivity contribution is 0.817. The average molecular weight is 208 g/mol. The molecule has 1 aliphatic rings. The Balaban J connectivity index is 2.16. The highest BCUT2D eigenvalue weighted by Crippen LogP contribution is 2.24. The molecule has 0 amide bonds. The number of nitrogen functional groups attached to an aromatic ring is 1. The largest absolute Gasteiger partial charge is 0.397 e. The van der Waals surface area contributed by atoms with E-state index in [1.807, 2.05) is 23.9 Å². The smallest absolute Gasteiger partial charge is 0.0600 e. The summed E-state index contributed by atoms with van der Waals surface area (Å²) in [5, 5.41) is 0. The Labute approximate surface area is 89.5 Å². The Morgan fingerprint density at radius 1 is 1.14 bits per heavy atom. The van der Waals surface area contributed by atoms with Crippen molar-refractivity contribution in [1.29, 1.82) is 0 Å². The van der Waals surface area contributed by atoms with Crippen molar-refractivity contribution in [2.75, 3.05) is 35.2 Å². The Morgan fingerprint density at radius 3 is 2.86 bits per heavy atom. The lowest BCUT2D eigenvalue weighted by atomic mass is 10.2. The van der Waals surface area contributed by atoms with Crippen LogP contribution in [0.15, 0.2) is 24.3 Å². The minimum absolute atomic E-state index is 0.902. The van der Waals surface area contributed by atoms with Gasteiger partial charge < -0.3 is 10.6 Å². The van der Waals surface area contributed by atoms with E-state index >= 15 is 0 Å². The molecule has 1 saturated heterocycles. The molecule has 0 saturated carbocycles. The van der Waals surface area contributed by atoms with E-state index in [1.165, 1.54) is 23.6 Å². The molecule has 1 aromatic rings. The third kappa shape index (κ3) is 2.15. The Hall–Kier alpha value is -0.830. The number of nitrogens with two attached hydrogens (primary N) is 1. The molecule has 0 aliphatic carbocycles. The first kappa shape index (κ1) is 9.71. The summed E-state index contributed by atoms with van der Waals surface area (Å²) in [5.41, 5.74) is 8.06. The Kier molecular flexibility index (Phi) is 3.19. The third-order valence-corrected chi connectivity index (χ3v) is 3.55.